The van der Waals surface area contributed by atoms with Gasteiger partial charge in [-0.1, -0.05) is 30.3 Å². The molecule has 2 saturated heterocycles. The number of hydrogen-bond acceptors (Lipinski definition) is 3. The van der Waals surface area contributed by atoms with Gasteiger partial charge in [0, 0.05) is 32.7 Å². The van der Waals surface area contributed by atoms with Crippen molar-refractivity contribution in [2.75, 3.05) is 26.2 Å². The van der Waals surface area contributed by atoms with E-state index in [1.807, 2.05) is 29.2 Å². The monoisotopic (exact) mass is 392 g/mol. The van der Waals surface area contributed by atoms with Crippen molar-refractivity contribution in [1.82, 2.24) is 9.80 Å². The first kappa shape index (κ1) is 20.0. The average molecular weight is 393 g/mol. The Morgan fingerprint density at radius 1 is 0.966 bits per heavy atom. The molecule has 0 spiro atoms. The highest BCUT2D eigenvalue weighted by Gasteiger charge is 2.25. The molecule has 0 unspecified atom stereocenters. The van der Waals surface area contributed by atoms with E-state index in [4.69, 9.17) is 4.74 Å². The van der Waals surface area contributed by atoms with Gasteiger partial charge >= 0.3 is 0 Å². The van der Waals surface area contributed by atoms with E-state index < -0.39 is 0 Å². The molecule has 2 aromatic carbocycles. The summed E-state index contributed by atoms with van der Waals surface area (Å²) in [5, 5.41) is 0. The summed E-state index contributed by atoms with van der Waals surface area (Å²) < 4.78 is 6.33. The number of piperidine rings is 1. The second-order valence-electron chi connectivity index (χ2n) is 8.51. The molecule has 29 heavy (non-hydrogen) atoms. The van der Waals surface area contributed by atoms with Gasteiger partial charge in [0.1, 0.15) is 11.9 Å². The smallest absolute Gasteiger partial charge is 0.257 e. The average Bonchev–Trinajstić information content (AvgIpc) is 3.27. The quantitative estimate of drug-likeness (QED) is 0.746. The summed E-state index contributed by atoms with van der Waals surface area (Å²) in [5.41, 5.74) is 4.81. The SMILES string of the molecule is Cc1ccc(CN2CCC(Oc3ccccc3C(=O)N3CCCC3)CC2)cc1C. The molecule has 0 radical (unpaired) electrons. The van der Waals surface area contributed by atoms with Gasteiger partial charge in [0.2, 0.25) is 0 Å². The van der Waals surface area contributed by atoms with Crippen molar-refractivity contribution in [3.8, 4) is 5.75 Å². The van der Waals surface area contributed by atoms with E-state index in [1.54, 1.807) is 0 Å². The van der Waals surface area contributed by atoms with Crippen LogP contribution in [0.15, 0.2) is 42.5 Å². The molecule has 2 heterocycles. The van der Waals surface area contributed by atoms with Crippen LogP contribution in [-0.4, -0.2) is 48.0 Å². The fourth-order valence-corrected chi connectivity index (χ4v) is 4.36. The van der Waals surface area contributed by atoms with Crippen molar-refractivity contribution in [2.24, 2.45) is 0 Å². The van der Waals surface area contributed by atoms with Crippen LogP contribution in [0.5, 0.6) is 5.75 Å². The summed E-state index contributed by atoms with van der Waals surface area (Å²) in [7, 11) is 0. The lowest BCUT2D eigenvalue weighted by molar-refractivity contribution is 0.0765. The molecule has 2 aromatic rings. The largest absolute Gasteiger partial charge is 0.489 e. The van der Waals surface area contributed by atoms with E-state index in [9.17, 15) is 4.79 Å². The van der Waals surface area contributed by atoms with Gasteiger partial charge in [-0.3, -0.25) is 9.69 Å². The predicted octanol–water partition coefficient (Wildman–Crippen LogP) is 4.58. The van der Waals surface area contributed by atoms with Gasteiger partial charge in [-0.25, -0.2) is 0 Å². The van der Waals surface area contributed by atoms with E-state index in [1.165, 1.54) is 16.7 Å². The van der Waals surface area contributed by atoms with E-state index in [0.29, 0.717) is 5.56 Å². The van der Waals surface area contributed by atoms with Gasteiger partial charge in [-0.15, -0.1) is 0 Å². The van der Waals surface area contributed by atoms with Crippen molar-refractivity contribution >= 4 is 5.91 Å². The summed E-state index contributed by atoms with van der Waals surface area (Å²) >= 11 is 0. The van der Waals surface area contributed by atoms with Crippen LogP contribution >= 0.6 is 0 Å². The molecule has 0 saturated carbocycles. The number of likely N-dealkylation sites (tertiary alicyclic amines) is 2. The first-order valence-corrected chi connectivity index (χ1v) is 10.9. The third kappa shape index (κ3) is 4.81. The highest BCUT2D eigenvalue weighted by molar-refractivity contribution is 5.97. The lowest BCUT2D eigenvalue weighted by Gasteiger charge is -2.32. The van der Waals surface area contributed by atoms with Gasteiger partial charge in [0.25, 0.3) is 5.91 Å². The van der Waals surface area contributed by atoms with Crippen LogP contribution < -0.4 is 4.74 Å². The van der Waals surface area contributed by atoms with Crippen molar-refractivity contribution in [1.29, 1.82) is 0 Å². The molecule has 0 aromatic heterocycles. The minimum absolute atomic E-state index is 0.116. The maximum atomic E-state index is 12.9. The first-order valence-electron chi connectivity index (χ1n) is 10.9. The van der Waals surface area contributed by atoms with Crippen molar-refractivity contribution in [3.63, 3.8) is 0 Å². The summed E-state index contributed by atoms with van der Waals surface area (Å²) in [4.78, 5) is 17.3. The standard InChI is InChI=1S/C25H32N2O2/c1-19-9-10-21(17-20(19)2)18-26-15-11-22(12-16-26)29-24-8-4-3-7-23(24)25(28)27-13-5-6-14-27/h3-4,7-10,17,22H,5-6,11-16,18H2,1-2H3. The number of amides is 1. The zero-order valence-corrected chi connectivity index (χ0v) is 17.7. The van der Waals surface area contributed by atoms with Gasteiger partial charge < -0.3 is 9.64 Å². The number of ether oxygens (including phenoxy) is 1. The number of nitrogens with zero attached hydrogens (tertiary/aromatic N) is 2. The molecule has 0 N–H and O–H groups in total. The predicted molar refractivity (Wildman–Crippen MR) is 116 cm³/mol. The third-order valence-electron chi connectivity index (χ3n) is 6.32. The maximum absolute atomic E-state index is 12.9. The van der Waals surface area contributed by atoms with E-state index in [0.717, 1.165) is 64.2 Å². The molecule has 2 fully saturated rings. The molecule has 4 rings (SSSR count). The third-order valence-corrected chi connectivity index (χ3v) is 6.32. The highest BCUT2D eigenvalue weighted by Crippen LogP contribution is 2.26. The van der Waals surface area contributed by atoms with Crippen LogP contribution in [0.25, 0.3) is 0 Å². The van der Waals surface area contributed by atoms with Crippen molar-refractivity contribution < 1.29 is 9.53 Å². The molecule has 0 aliphatic carbocycles. The number of carbonyl (C=O) groups is 1. The Bertz CT molecular complexity index is 850. The Kier molecular flexibility index (Phi) is 6.19. The van der Waals surface area contributed by atoms with E-state index in [-0.39, 0.29) is 12.0 Å². The van der Waals surface area contributed by atoms with Crippen LogP contribution in [0.4, 0.5) is 0 Å². The fourth-order valence-electron chi connectivity index (χ4n) is 4.36. The minimum Gasteiger partial charge on any atom is -0.489 e. The lowest BCUT2D eigenvalue weighted by Crippen LogP contribution is -2.38. The Labute approximate surface area is 174 Å². The zero-order valence-electron chi connectivity index (χ0n) is 17.7. The lowest BCUT2D eigenvalue weighted by atomic mass is 10.0. The molecule has 2 aliphatic rings. The summed E-state index contributed by atoms with van der Waals surface area (Å²) in [6, 6.07) is 14.5. The molecule has 154 valence electrons. The highest BCUT2D eigenvalue weighted by atomic mass is 16.5. The van der Waals surface area contributed by atoms with E-state index >= 15 is 0 Å². The Morgan fingerprint density at radius 2 is 1.69 bits per heavy atom. The Morgan fingerprint density at radius 3 is 2.41 bits per heavy atom. The minimum atomic E-state index is 0.116. The van der Waals surface area contributed by atoms with Gasteiger partial charge in [-0.2, -0.15) is 0 Å². The van der Waals surface area contributed by atoms with Crippen molar-refractivity contribution in [3.05, 3.63) is 64.7 Å². The molecule has 2 aliphatic heterocycles. The van der Waals surface area contributed by atoms with Gasteiger partial charge in [0.05, 0.1) is 5.56 Å². The zero-order chi connectivity index (χ0) is 20.2. The topological polar surface area (TPSA) is 32.8 Å². The molecule has 0 atom stereocenters. The first-order chi connectivity index (χ1) is 14.1. The van der Waals surface area contributed by atoms with Crippen LogP contribution in [-0.2, 0) is 6.54 Å². The number of benzene rings is 2. The molecule has 4 heteroatoms. The maximum Gasteiger partial charge on any atom is 0.257 e. The number of carbonyl (C=O) groups excluding carboxylic acids is 1. The summed E-state index contributed by atoms with van der Waals surface area (Å²) in [6.07, 6.45) is 4.38. The Balaban J connectivity index is 1.34. The molecular weight excluding hydrogens is 360 g/mol. The molecule has 1 amide bonds. The van der Waals surface area contributed by atoms with Crippen LogP contribution in [0.1, 0.15) is 52.7 Å². The number of hydrogen-bond donors (Lipinski definition) is 0. The van der Waals surface area contributed by atoms with Crippen LogP contribution in [0.2, 0.25) is 0 Å². The second-order valence-corrected chi connectivity index (χ2v) is 8.51. The molecular formula is C25H32N2O2. The number of aryl methyl sites for hydroxylation is 2. The second kappa shape index (κ2) is 9.00. The normalized spacial score (nSPS) is 18.2. The summed E-state index contributed by atoms with van der Waals surface area (Å²) in [5.74, 6) is 0.863. The van der Waals surface area contributed by atoms with Crippen LogP contribution in [0, 0.1) is 13.8 Å². The van der Waals surface area contributed by atoms with Crippen LogP contribution in [0.3, 0.4) is 0 Å². The molecule has 0 bridgehead atoms. The molecule has 4 nitrogen and oxygen atoms in total. The fraction of sp³-hybridized carbons (Fsp3) is 0.480. The summed E-state index contributed by atoms with van der Waals surface area (Å²) in [6.45, 7) is 9.12. The number of para-hydroxylation sites is 1. The number of rotatable bonds is 5. The van der Waals surface area contributed by atoms with E-state index in [2.05, 4.69) is 36.9 Å². The Hall–Kier alpha value is -2.33. The van der Waals surface area contributed by atoms with Gasteiger partial charge in [0.15, 0.2) is 0 Å². The van der Waals surface area contributed by atoms with Crippen molar-refractivity contribution in [2.45, 2.75) is 52.2 Å². The van der Waals surface area contributed by atoms with Gasteiger partial charge in [-0.05, 0) is 68.4 Å².